The smallest absolute Gasteiger partial charge is 0.414 e. The lowest BCUT2D eigenvalue weighted by molar-refractivity contribution is -0.235. The minimum absolute atomic E-state index is 0.0810. The molecule has 0 aromatic carbocycles. The van der Waals surface area contributed by atoms with Gasteiger partial charge in [-0.2, -0.15) is 13.2 Å². The molecule has 0 aromatic heterocycles. The number of ether oxygens (including phenoxy) is 2. The molecule has 3 aliphatic carbocycles. The van der Waals surface area contributed by atoms with Gasteiger partial charge in [0.15, 0.2) is 5.78 Å². The summed E-state index contributed by atoms with van der Waals surface area (Å²) in [7, 11) is 0. The fourth-order valence-electron chi connectivity index (χ4n) is 5.05. The van der Waals surface area contributed by atoms with Gasteiger partial charge in [-0.3, -0.25) is 9.69 Å². The number of ketones is 1. The summed E-state index contributed by atoms with van der Waals surface area (Å²) in [4.78, 5) is 27.4. The third kappa shape index (κ3) is 8.47. The highest BCUT2D eigenvalue weighted by Crippen LogP contribution is 2.44. The number of aliphatic hydroxyl groups is 1. The second-order valence-electron chi connectivity index (χ2n) is 12.2. The second kappa shape index (κ2) is 12.0. The molecule has 0 aromatic rings. The van der Waals surface area contributed by atoms with Crippen LogP contribution in [0.4, 0.5) is 18.0 Å². The van der Waals surface area contributed by atoms with Crippen LogP contribution >= 0.6 is 23.2 Å². The summed E-state index contributed by atoms with van der Waals surface area (Å²) in [5.41, 5.74) is -1.61. The van der Waals surface area contributed by atoms with Crippen molar-refractivity contribution in [3.63, 3.8) is 0 Å². The number of nitrogens with zero attached hydrogens (tertiary/aromatic N) is 1. The molecule has 4 unspecified atom stereocenters. The first-order chi connectivity index (χ1) is 18.2. The summed E-state index contributed by atoms with van der Waals surface area (Å²) < 4.78 is 53.1. The number of carbonyl (C=O) groups excluding carboxylic acids is 2. The van der Waals surface area contributed by atoms with E-state index in [0.717, 1.165) is 10.5 Å². The van der Waals surface area contributed by atoms with Crippen LogP contribution in [-0.2, 0) is 14.3 Å². The third-order valence-corrected chi connectivity index (χ3v) is 7.12. The van der Waals surface area contributed by atoms with Crippen LogP contribution < -0.4 is 0 Å². The van der Waals surface area contributed by atoms with E-state index in [1.165, 1.54) is 18.2 Å². The topological polar surface area (TPSA) is 76.1 Å². The molecule has 0 heterocycles. The first-order valence-corrected chi connectivity index (χ1v) is 13.8. The van der Waals surface area contributed by atoms with Gasteiger partial charge >= 0.3 is 12.3 Å². The van der Waals surface area contributed by atoms with Gasteiger partial charge in [-0.05, 0) is 90.9 Å². The molecule has 0 radical (unpaired) electrons. The molecule has 222 valence electrons. The number of fused-ring (bicyclic) bond motifs is 1. The SMILES string of the molecule is CC(C)(C)OC(=O)N(C(O)OC(C)(C)C)C1CCC2CC(C(=O)C=C(C3C=C(Cl)C=C(Cl)C3)C(F)(F)F)=CC=C21. The number of rotatable bonds is 6. The monoisotopic (exact) mass is 605 g/mol. The Bertz CT molecular complexity index is 1170. The highest BCUT2D eigenvalue weighted by molar-refractivity contribution is 6.35. The van der Waals surface area contributed by atoms with E-state index in [9.17, 15) is 27.9 Å². The van der Waals surface area contributed by atoms with Crippen molar-refractivity contribution in [3.8, 4) is 0 Å². The van der Waals surface area contributed by atoms with Crippen molar-refractivity contribution in [2.75, 3.05) is 0 Å². The average molecular weight is 607 g/mol. The van der Waals surface area contributed by atoms with Gasteiger partial charge in [-0.15, -0.1) is 0 Å². The lowest BCUT2D eigenvalue weighted by atomic mass is 9.85. The van der Waals surface area contributed by atoms with Crippen LogP contribution in [0.2, 0.25) is 0 Å². The minimum atomic E-state index is -4.76. The molecule has 0 saturated heterocycles. The van der Waals surface area contributed by atoms with Crippen molar-refractivity contribution in [3.05, 3.63) is 57.2 Å². The van der Waals surface area contributed by atoms with E-state index in [1.807, 2.05) is 0 Å². The Morgan fingerprint density at radius 2 is 1.70 bits per heavy atom. The third-order valence-electron chi connectivity index (χ3n) is 6.62. The number of carbonyl (C=O) groups is 2. The molecule has 40 heavy (non-hydrogen) atoms. The largest absolute Gasteiger partial charge is 0.444 e. The number of hydrogen-bond donors (Lipinski definition) is 1. The predicted molar refractivity (Wildman–Crippen MR) is 147 cm³/mol. The summed E-state index contributed by atoms with van der Waals surface area (Å²) >= 11 is 11.9. The summed E-state index contributed by atoms with van der Waals surface area (Å²) in [6, 6.07) is -0.574. The molecule has 1 saturated carbocycles. The maximum atomic E-state index is 14.0. The molecule has 4 atom stereocenters. The average Bonchev–Trinajstić information content (AvgIpc) is 3.16. The van der Waals surface area contributed by atoms with Gasteiger partial charge in [-0.1, -0.05) is 41.4 Å². The van der Waals surface area contributed by atoms with E-state index in [4.69, 9.17) is 32.7 Å². The molecule has 1 amide bonds. The van der Waals surface area contributed by atoms with Gasteiger partial charge in [0, 0.05) is 27.1 Å². The molecule has 0 aliphatic heterocycles. The highest BCUT2D eigenvalue weighted by Gasteiger charge is 2.44. The van der Waals surface area contributed by atoms with Gasteiger partial charge in [-0.25, -0.2) is 4.79 Å². The minimum Gasteiger partial charge on any atom is -0.444 e. The van der Waals surface area contributed by atoms with Crippen LogP contribution in [-0.4, -0.2) is 51.7 Å². The van der Waals surface area contributed by atoms with E-state index >= 15 is 0 Å². The molecule has 1 fully saturated rings. The van der Waals surface area contributed by atoms with E-state index in [0.29, 0.717) is 18.9 Å². The van der Waals surface area contributed by atoms with Crippen LogP contribution in [0.3, 0.4) is 0 Å². The number of hydrogen-bond acceptors (Lipinski definition) is 5. The number of amides is 1. The molecule has 1 N–H and O–H groups in total. The van der Waals surface area contributed by atoms with Gasteiger partial charge in [0.25, 0.3) is 0 Å². The zero-order chi connectivity index (χ0) is 30.2. The molecular formula is C29H36Cl2F3NO5. The second-order valence-corrected chi connectivity index (χ2v) is 13.1. The van der Waals surface area contributed by atoms with E-state index in [-0.39, 0.29) is 34.4 Å². The number of alkyl halides is 3. The molecule has 11 heteroatoms. The Morgan fingerprint density at radius 1 is 1.05 bits per heavy atom. The Morgan fingerprint density at radius 3 is 2.25 bits per heavy atom. The Balaban J connectivity index is 1.91. The molecule has 6 nitrogen and oxygen atoms in total. The van der Waals surface area contributed by atoms with Crippen LogP contribution in [0, 0.1) is 11.8 Å². The van der Waals surface area contributed by atoms with Gasteiger partial charge < -0.3 is 14.6 Å². The van der Waals surface area contributed by atoms with Crippen LogP contribution in [0.1, 0.15) is 67.2 Å². The fourth-order valence-corrected chi connectivity index (χ4v) is 5.68. The molecular weight excluding hydrogens is 570 g/mol. The van der Waals surface area contributed by atoms with Crippen molar-refractivity contribution in [1.29, 1.82) is 0 Å². The Kier molecular flexibility index (Phi) is 9.76. The zero-order valence-electron chi connectivity index (χ0n) is 23.4. The number of aliphatic hydroxyl groups excluding tert-OH is 1. The van der Waals surface area contributed by atoms with Crippen LogP contribution in [0.25, 0.3) is 0 Å². The van der Waals surface area contributed by atoms with E-state index in [1.54, 1.807) is 47.6 Å². The first-order valence-electron chi connectivity index (χ1n) is 13.1. The van der Waals surface area contributed by atoms with E-state index in [2.05, 4.69) is 0 Å². The summed E-state index contributed by atoms with van der Waals surface area (Å²) in [5.74, 6) is -2.13. The van der Waals surface area contributed by atoms with Crippen LogP contribution in [0.5, 0.6) is 0 Å². The van der Waals surface area contributed by atoms with Crippen molar-refractivity contribution >= 4 is 35.1 Å². The summed E-state index contributed by atoms with van der Waals surface area (Å²) in [6.45, 7) is 10.4. The summed E-state index contributed by atoms with van der Waals surface area (Å²) in [5, 5.41) is 11.2. The lowest BCUT2D eigenvalue weighted by Gasteiger charge is -2.38. The number of allylic oxidation sites excluding steroid dienone is 9. The quantitative estimate of drug-likeness (QED) is 0.248. The molecule has 0 bridgehead atoms. The Hall–Kier alpha value is -2.07. The zero-order valence-corrected chi connectivity index (χ0v) is 25.0. The van der Waals surface area contributed by atoms with Gasteiger partial charge in [0.1, 0.15) is 5.60 Å². The molecule has 3 rings (SSSR count). The fraction of sp³-hybridized carbons (Fsp3) is 0.586. The predicted octanol–water partition coefficient (Wildman–Crippen LogP) is 7.67. The normalized spacial score (nSPS) is 24.8. The van der Waals surface area contributed by atoms with Crippen molar-refractivity contribution in [2.24, 2.45) is 11.8 Å². The van der Waals surface area contributed by atoms with E-state index < -0.39 is 53.2 Å². The number of halogens is 5. The van der Waals surface area contributed by atoms with Crippen molar-refractivity contribution < 1.29 is 37.3 Å². The standard InChI is InChI=1S/C29H36Cl2F3NO5/c1-27(2,3)39-25(37)35(26(38)40-28(4,5)6)23-10-8-16-11-17(7-9-21(16)23)24(36)15-22(29(32,33)34)18-12-19(30)14-20(31)13-18/h7,9,12,14-16,18,23,25,37H,8,10-11,13H2,1-6H3. The van der Waals surface area contributed by atoms with Crippen LogP contribution in [0.15, 0.2) is 57.2 Å². The Labute approximate surface area is 243 Å². The molecule has 0 spiro atoms. The van der Waals surface area contributed by atoms with Crippen molar-refractivity contribution in [2.45, 2.75) is 97.1 Å². The summed E-state index contributed by atoms with van der Waals surface area (Å²) in [6.07, 6.45) is 0.376. The lowest BCUT2D eigenvalue weighted by Crippen LogP contribution is -2.52. The van der Waals surface area contributed by atoms with Gasteiger partial charge in [0.2, 0.25) is 6.41 Å². The first kappa shape index (κ1) is 32.4. The highest BCUT2D eigenvalue weighted by atomic mass is 35.5. The maximum Gasteiger partial charge on any atom is 0.414 e. The molecule has 3 aliphatic rings. The van der Waals surface area contributed by atoms with Gasteiger partial charge in [0.05, 0.1) is 11.6 Å². The van der Waals surface area contributed by atoms with Crippen molar-refractivity contribution in [1.82, 2.24) is 4.90 Å². The maximum absolute atomic E-state index is 14.0.